The molecule has 0 aliphatic carbocycles. The van der Waals surface area contributed by atoms with Gasteiger partial charge in [-0.05, 0) is 6.92 Å². The molecule has 0 spiro atoms. The molecule has 1 aromatic heterocycles. The topological polar surface area (TPSA) is 96.4 Å². The quantitative estimate of drug-likeness (QED) is 0.562. The molecule has 0 saturated heterocycles. The van der Waals surface area contributed by atoms with Crippen LogP contribution in [0.1, 0.15) is 6.92 Å². The SMILES string of the molecule is C=C(CO[C@@](C)(Cn1cc(F)cn1)C(N)=O)C(=O)OC. The van der Waals surface area contributed by atoms with Gasteiger partial charge in [-0.1, -0.05) is 6.58 Å². The molecule has 0 aliphatic rings. The molecule has 0 aliphatic heterocycles. The zero-order valence-electron chi connectivity index (χ0n) is 11.3. The molecule has 1 aromatic rings. The fourth-order valence-electron chi connectivity index (χ4n) is 1.38. The minimum absolute atomic E-state index is 0.0339. The smallest absolute Gasteiger partial charge is 0.335 e. The highest BCUT2D eigenvalue weighted by atomic mass is 19.1. The highest BCUT2D eigenvalue weighted by molar-refractivity contribution is 5.88. The molecule has 2 N–H and O–H groups in total. The number of carbonyl (C=O) groups is 2. The average Bonchev–Trinajstić information content (AvgIpc) is 2.80. The summed E-state index contributed by atoms with van der Waals surface area (Å²) in [5.41, 5.74) is 3.85. The fraction of sp³-hybridized carbons (Fsp3) is 0.417. The number of ether oxygens (including phenoxy) is 2. The van der Waals surface area contributed by atoms with E-state index in [1.165, 1.54) is 18.7 Å². The first-order valence-electron chi connectivity index (χ1n) is 5.66. The molecule has 1 atom stereocenters. The number of amides is 1. The van der Waals surface area contributed by atoms with Crippen LogP contribution in [0.5, 0.6) is 0 Å². The van der Waals surface area contributed by atoms with E-state index in [0.29, 0.717) is 0 Å². The van der Waals surface area contributed by atoms with E-state index in [1.54, 1.807) is 0 Å². The van der Waals surface area contributed by atoms with Crippen LogP contribution in [0.25, 0.3) is 0 Å². The molecule has 0 radical (unpaired) electrons. The van der Waals surface area contributed by atoms with Gasteiger partial charge in [0.25, 0.3) is 5.91 Å². The highest BCUT2D eigenvalue weighted by Gasteiger charge is 2.34. The van der Waals surface area contributed by atoms with Gasteiger partial charge in [0.2, 0.25) is 0 Å². The van der Waals surface area contributed by atoms with Gasteiger partial charge in [-0.25, -0.2) is 9.18 Å². The second kappa shape index (κ2) is 6.29. The average molecular weight is 285 g/mol. The van der Waals surface area contributed by atoms with Gasteiger partial charge >= 0.3 is 5.97 Å². The number of carbonyl (C=O) groups excluding carboxylic acids is 2. The lowest BCUT2D eigenvalue weighted by Crippen LogP contribution is -2.47. The number of hydrogen-bond donors (Lipinski definition) is 1. The van der Waals surface area contributed by atoms with Gasteiger partial charge in [0.1, 0.15) is 0 Å². The van der Waals surface area contributed by atoms with Gasteiger partial charge in [-0.15, -0.1) is 0 Å². The Labute approximate surface area is 115 Å². The summed E-state index contributed by atoms with van der Waals surface area (Å²) < 4.78 is 23.8. The Balaban J connectivity index is 2.74. The molecule has 110 valence electrons. The third-order valence-electron chi connectivity index (χ3n) is 2.63. The predicted molar refractivity (Wildman–Crippen MR) is 66.9 cm³/mol. The third kappa shape index (κ3) is 3.89. The Hall–Kier alpha value is -2.22. The lowest BCUT2D eigenvalue weighted by Gasteiger charge is -2.26. The van der Waals surface area contributed by atoms with Crippen molar-refractivity contribution in [2.45, 2.75) is 19.1 Å². The summed E-state index contributed by atoms with van der Waals surface area (Å²) in [6.07, 6.45) is 2.09. The van der Waals surface area contributed by atoms with Crippen LogP contribution in [0.2, 0.25) is 0 Å². The summed E-state index contributed by atoms with van der Waals surface area (Å²) in [5.74, 6) is -1.97. The van der Waals surface area contributed by atoms with Gasteiger partial charge in [0, 0.05) is 0 Å². The van der Waals surface area contributed by atoms with E-state index in [4.69, 9.17) is 10.5 Å². The normalized spacial score (nSPS) is 13.6. The minimum Gasteiger partial charge on any atom is -0.466 e. The van der Waals surface area contributed by atoms with Crippen molar-refractivity contribution in [1.82, 2.24) is 9.78 Å². The number of nitrogens with zero attached hydrogens (tertiary/aromatic N) is 2. The number of halogens is 1. The number of nitrogens with two attached hydrogens (primary N) is 1. The maximum absolute atomic E-state index is 12.9. The first-order chi connectivity index (χ1) is 9.28. The van der Waals surface area contributed by atoms with Crippen molar-refractivity contribution in [2.75, 3.05) is 13.7 Å². The highest BCUT2D eigenvalue weighted by Crippen LogP contribution is 2.15. The van der Waals surface area contributed by atoms with E-state index >= 15 is 0 Å². The van der Waals surface area contributed by atoms with Crippen molar-refractivity contribution in [3.8, 4) is 0 Å². The first kappa shape index (κ1) is 15.8. The van der Waals surface area contributed by atoms with Crippen LogP contribution in [0.3, 0.4) is 0 Å². The van der Waals surface area contributed by atoms with Gasteiger partial charge in [0.15, 0.2) is 11.4 Å². The number of hydrogen-bond acceptors (Lipinski definition) is 5. The van der Waals surface area contributed by atoms with E-state index in [9.17, 15) is 14.0 Å². The number of primary amides is 1. The van der Waals surface area contributed by atoms with Crippen molar-refractivity contribution in [3.05, 3.63) is 30.4 Å². The third-order valence-corrected chi connectivity index (χ3v) is 2.63. The largest absolute Gasteiger partial charge is 0.466 e. The Morgan fingerprint density at radius 3 is 2.70 bits per heavy atom. The second-order valence-electron chi connectivity index (χ2n) is 4.34. The van der Waals surface area contributed by atoms with Crippen molar-refractivity contribution < 1.29 is 23.5 Å². The Kier molecular flexibility index (Phi) is 4.98. The number of methoxy groups -OCH3 is 1. The van der Waals surface area contributed by atoms with Crippen molar-refractivity contribution in [2.24, 2.45) is 5.73 Å². The Bertz CT molecular complexity index is 529. The first-order valence-corrected chi connectivity index (χ1v) is 5.66. The molecule has 1 amide bonds. The summed E-state index contributed by atoms with van der Waals surface area (Å²) in [6, 6.07) is 0. The van der Waals surface area contributed by atoms with E-state index in [1.807, 2.05) is 0 Å². The maximum atomic E-state index is 12.9. The fourth-order valence-corrected chi connectivity index (χ4v) is 1.38. The van der Waals surface area contributed by atoms with E-state index < -0.39 is 23.3 Å². The van der Waals surface area contributed by atoms with Gasteiger partial charge < -0.3 is 15.2 Å². The van der Waals surface area contributed by atoms with E-state index in [-0.39, 0.29) is 18.7 Å². The van der Waals surface area contributed by atoms with Crippen LogP contribution >= 0.6 is 0 Å². The monoisotopic (exact) mass is 285 g/mol. The van der Waals surface area contributed by atoms with Crippen LogP contribution in [0, 0.1) is 5.82 Å². The molecule has 1 heterocycles. The van der Waals surface area contributed by atoms with Gasteiger partial charge in [0.05, 0.1) is 38.2 Å². The summed E-state index contributed by atoms with van der Waals surface area (Å²) in [4.78, 5) is 22.7. The molecule has 0 aromatic carbocycles. The minimum atomic E-state index is -1.46. The van der Waals surface area contributed by atoms with Crippen molar-refractivity contribution in [1.29, 1.82) is 0 Å². The predicted octanol–water partition coefficient (Wildman–Crippen LogP) is 0.0120. The van der Waals surface area contributed by atoms with Crippen molar-refractivity contribution >= 4 is 11.9 Å². The lowest BCUT2D eigenvalue weighted by molar-refractivity contribution is -0.145. The number of aromatic nitrogens is 2. The van der Waals surface area contributed by atoms with Gasteiger partial charge in [-0.3, -0.25) is 9.48 Å². The van der Waals surface area contributed by atoms with Crippen LogP contribution in [-0.4, -0.2) is 41.0 Å². The molecule has 20 heavy (non-hydrogen) atoms. The Morgan fingerprint density at radius 2 is 2.25 bits per heavy atom. The summed E-state index contributed by atoms with van der Waals surface area (Å²) in [5, 5.41) is 3.70. The molecular weight excluding hydrogens is 269 g/mol. The molecule has 0 unspecified atom stereocenters. The van der Waals surface area contributed by atoms with Crippen LogP contribution < -0.4 is 5.73 Å². The maximum Gasteiger partial charge on any atom is 0.335 e. The van der Waals surface area contributed by atoms with Crippen LogP contribution in [0.15, 0.2) is 24.5 Å². The Morgan fingerprint density at radius 1 is 1.60 bits per heavy atom. The lowest BCUT2D eigenvalue weighted by atomic mass is 10.1. The molecule has 1 rings (SSSR count). The zero-order chi connectivity index (χ0) is 15.3. The second-order valence-corrected chi connectivity index (χ2v) is 4.34. The zero-order valence-corrected chi connectivity index (χ0v) is 11.3. The standard InChI is InChI=1S/C12H16FN3O4/c1-8(10(17)19-3)6-20-12(2,11(14)18)7-16-5-9(13)4-15-16/h4-5H,1,6-7H2,2-3H3,(H2,14,18)/t12-/m0/s1. The molecule has 7 nitrogen and oxygen atoms in total. The molecular formula is C12H16FN3O4. The van der Waals surface area contributed by atoms with E-state index in [0.717, 1.165) is 12.4 Å². The van der Waals surface area contributed by atoms with E-state index in [2.05, 4.69) is 16.4 Å². The molecule has 8 heteroatoms. The number of rotatable bonds is 7. The van der Waals surface area contributed by atoms with Gasteiger partial charge in [-0.2, -0.15) is 5.10 Å². The van der Waals surface area contributed by atoms with Crippen LogP contribution in [-0.2, 0) is 25.6 Å². The molecule has 0 saturated carbocycles. The van der Waals surface area contributed by atoms with Crippen molar-refractivity contribution in [3.63, 3.8) is 0 Å². The molecule has 0 fully saturated rings. The summed E-state index contributed by atoms with van der Waals surface area (Å²) in [6.45, 7) is 4.54. The number of esters is 1. The summed E-state index contributed by atoms with van der Waals surface area (Å²) in [7, 11) is 1.20. The molecule has 0 bridgehead atoms. The summed E-state index contributed by atoms with van der Waals surface area (Å²) >= 11 is 0. The van der Waals surface area contributed by atoms with Crippen LogP contribution in [0.4, 0.5) is 4.39 Å².